The fourth-order valence-electron chi connectivity index (χ4n) is 2.28. The number of carbonyl (C=O) groups excluding carboxylic acids is 1. The van der Waals surface area contributed by atoms with Crippen LogP contribution in [0.2, 0.25) is 0 Å². The standard InChI is InChI=1S/C18H12F3N7O2/c19-18(20,21)11-2-1-3-13(8-11)26-17(29)25-12-4-6-14(7-5-12)30-16-9-15(27-28-22)23-10-24-16/h1-10H,(H2,25,26,29). The van der Waals surface area contributed by atoms with Crippen LogP contribution in [0.5, 0.6) is 11.6 Å². The molecule has 2 N–H and O–H groups in total. The molecule has 3 aromatic rings. The number of hydrogen-bond donors (Lipinski definition) is 2. The first-order valence-corrected chi connectivity index (χ1v) is 8.24. The molecule has 0 bridgehead atoms. The predicted molar refractivity (Wildman–Crippen MR) is 101 cm³/mol. The Kier molecular flexibility index (Phi) is 5.99. The summed E-state index contributed by atoms with van der Waals surface area (Å²) in [6, 6.07) is 11.0. The first kappa shape index (κ1) is 20.4. The third kappa shape index (κ3) is 5.59. The van der Waals surface area contributed by atoms with Gasteiger partial charge in [0.25, 0.3) is 0 Å². The monoisotopic (exact) mass is 415 g/mol. The van der Waals surface area contributed by atoms with E-state index in [2.05, 4.69) is 30.6 Å². The lowest BCUT2D eigenvalue weighted by atomic mass is 10.2. The molecule has 1 heterocycles. The summed E-state index contributed by atoms with van der Waals surface area (Å²) in [5.41, 5.74) is 7.93. The van der Waals surface area contributed by atoms with Crippen LogP contribution in [0, 0.1) is 0 Å². The van der Waals surface area contributed by atoms with E-state index in [9.17, 15) is 18.0 Å². The molecule has 0 saturated carbocycles. The lowest BCUT2D eigenvalue weighted by Crippen LogP contribution is -2.19. The topological polar surface area (TPSA) is 125 Å². The van der Waals surface area contributed by atoms with Gasteiger partial charge in [-0.3, -0.25) is 0 Å². The molecule has 12 heteroatoms. The Hall–Kier alpha value is -4.31. The van der Waals surface area contributed by atoms with Gasteiger partial charge in [-0.25, -0.2) is 14.8 Å². The van der Waals surface area contributed by atoms with E-state index in [4.69, 9.17) is 10.3 Å². The molecule has 1 aromatic heterocycles. The molecule has 0 aliphatic heterocycles. The van der Waals surface area contributed by atoms with Gasteiger partial charge in [-0.2, -0.15) is 13.2 Å². The molecule has 2 amide bonds. The number of carbonyl (C=O) groups is 1. The number of alkyl halides is 3. The van der Waals surface area contributed by atoms with Crippen molar-refractivity contribution < 1.29 is 22.7 Å². The number of amides is 2. The Labute approximate surface area is 167 Å². The number of nitrogens with one attached hydrogen (secondary N) is 2. The van der Waals surface area contributed by atoms with Gasteiger partial charge in [0.2, 0.25) is 5.88 Å². The summed E-state index contributed by atoms with van der Waals surface area (Å²) in [6.45, 7) is 0. The highest BCUT2D eigenvalue weighted by atomic mass is 19.4. The zero-order valence-electron chi connectivity index (χ0n) is 15.0. The minimum absolute atomic E-state index is 0.00173. The number of hydrogen-bond acceptors (Lipinski definition) is 5. The van der Waals surface area contributed by atoms with Crippen molar-refractivity contribution in [3.05, 3.63) is 76.9 Å². The van der Waals surface area contributed by atoms with Crippen molar-refractivity contribution in [2.75, 3.05) is 10.6 Å². The molecule has 0 saturated heterocycles. The smallest absolute Gasteiger partial charge is 0.416 e. The van der Waals surface area contributed by atoms with Crippen molar-refractivity contribution in [3.63, 3.8) is 0 Å². The molecule has 9 nitrogen and oxygen atoms in total. The van der Waals surface area contributed by atoms with E-state index in [0.29, 0.717) is 11.4 Å². The van der Waals surface area contributed by atoms with Gasteiger partial charge < -0.3 is 15.4 Å². The van der Waals surface area contributed by atoms with Crippen molar-refractivity contribution in [2.45, 2.75) is 6.18 Å². The van der Waals surface area contributed by atoms with Crippen molar-refractivity contribution in [1.82, 2.24) is 9.97 Å². The van der Waals surface area contributed by atoms with Gasteiger partial charge in [0, 0.05) is 22.4 Å². The molecule has 3 rings (SSSR count). The number of ether oxygens (including phenoxy) is 1. The van der Waals surface area contributed by atoms with Gasteiger partial charge in [0.1, 0.15) is 17.9 Å². The average Bonchev–Trinajstić information content (AvgIpc) is 2.70. The Morgan fingerprint density at radius 3 is 2.47 bits per heavy atom. The molecule has 0 aliphatic rings. The zero-order valence-corrected chi connectivity index (χ0v) is 15.0. The van der Waals surface area contributed by atoms with Crippen molar-refractivity contribution in [2.24, 2.45) is 5.11 Å². The highest BCUT2D eigenvalue weighted by Gasteiger charge is 2.30. The fourth-order valence-corrected chi connectivity index (χ4v) is 2.28. The summed E-state index contributed by atoms with van der Waals surface area (Å²) >= 11 is 0. The second-order valence-corrected chi connectivity index (χ2v) is 5.69. The van der Waals surface area contributed by atoms with Crippen LogP contribution in [0.3, 0.4) is 0 Å². The maximum absolute atomic E-state index is 12.7. The number of benzene rings is 2. The SMILES string of the molecule is [N-]=[N+]=Nc1cc(Oc2ccc(NC(=O)Nc3cccc(C(F)(F)F)c3)cc2)ncn1. The second kappa shape index (κ2) is 8.80. The second-order valence-electron chi connectivity index (χ2n) is 5.69. The molecule has 0 atom stereocenters. The molecule has 2 aromatic carbocycles. The summed E-state index contributed by atoms with van der Waals surface area (Å²) < 4.78 is 43.7. The van der Waals surface area contributed by atoms with E-state index < -0.39 is 17.8 Å². The van der Waals surface area contributed by atoms with E-state index in [1.54, 1.807) is 0 Å². The minimum atomic E-state index is -4.50. The van der Waals surface area contributed by atoms with Crippen LogP contribution >= 0.6 is 0 Å². The molecule has 0 spiro atoms. The van der Waals surface area contributed by atoms with Crippen LogP contribution in [-0.2, 0) is 6.18 Å². The molecule has 0 fully saturated rings. The van der Waals surface area contributed by atoms with E-state index in [-0.39, 0.29) is 17.4 Å². The number of aromatic nitrogens is 2. The Bertz CT molecular complexity index is 1100. The lowest BCUT2D eigenvalue weighted by Gasteiger charge is -2.11. The van der Waals surface area contributed by atoms with Crippen LogP contribution in [0.1, 0.15) is 5.56 Å². The van der Waals surface area contributed by atoms with Gasteiger partial charge in [0.05, 0.1) is 5.56 Å². The quantitative estimate of drug-likeness (QED) is 0.307. The zero-order chi connectivity index (χ0) is 21.6. The van der Waals surface area contributed by atoms with Crippen LogP contribution in [0.4, 0.5) is 35.2 Å². The Morgan fingerprint density at radius 1 is 1.03 bits per heavy atom. The highest BCUT2D eigenvalue weighted by molar-refractivity contribution is 5.99. The number of halogens is 3. The molecule has 30 heavy (non-hydrogen) atoms. The van der Waals surface area contributed by atoms with Gasteiger partial charge in [-0.15, -0.1) is 0 Å². The van der Waals surface area contributed by atoms with Gasteiger partial charge in [-0.1, -0.05) is 6.07 Å². The number of urea groups is 1. The van der Waals surface area contributed by atoms with Crippen molar-refractivity contribution in [3.8, 4) is 11.6 Å². The normalized spacial score (nSPS) is 10.6. The molecular weight excluding hydrogens is 403 g/mol. The maximum atomic E-state index is 12.7. The van der Waals surface area contributed by atoms with Gasteiger partial charge in [0.15, 0.2) is 0 Å². The van der Waals surface area contributed by atoms with Crippen molar-refractivity contribution >= 4 is 23.2 Å². The highest BCUT2D eigenvalue weighted by Crippen LogP contribution is 2.30. The maximum Gasteiger partial charge on any atom is 0.416 e. The van der Waals surface area contributed by atoms with Gasteiger partial charge in [-0.05, 0) is 53.1 Å². The molecular formula is C18H12F3N7O2. The van der Waals surface area contributed by atoms with Crippen LogP contribution in [0.15, 0.2) is 66.0 Å². The van der Waals surface area contributed by atoms with E-state index >= 15 is 0 Å². The summed E-state index contributed by atoms with van der Waals surface area (Å²) in [6.07, 6.45) is -3.33. The van der Waals surface area contributed by atoms with E-state index in [0.717, 1.165) is 12.1 Å². The van der Waals surface area contributed by atoms with E-state index in [1.807, 2.05) is 0 Å². The Balaban J connectivity index is 1.61. The summed E-state index contributed by atoms with van der Waals surface area (Å²) in [5.74, 6) is 0.617. The van der Waals surface area contributed by atoms with Gasteiger partial charge >= 0.3 is 12.2 Å². The number of anilines is 2. The molecule has 0 unspecified atom stereocenters. The van der Waals surface area contributed by atoms with Crippen molar-refractivity contribution in [1.29, 1.82) is 0 Å². The number of nitrogens with zero attached hydrogens (tertiary/aromatic N) is 5. The fraction of sp³-hybridized carbons (Fsp3) is 0.0556. The molecule has 152 valence electrons. The van der Waals surface area contributed by atoms with Crippen LogP contribution in [0.25, 0.3) is 10.4 Å². The molecule has 0 radical (unpaired) electrons. The predicted octanol–water partition coefficient (Wildman–Crippen LogP) is 5.87. The number of azide groups is 1. The summed E-state index contributed by atoms with van der Waals surface area (Å²) in [5, 5.41) is 8.18. The number of rotatable bonds is 5. The van der Waals surface area contributed by atoms with Crippen LogP contribution < -0.4 is 15.4 Å². The minimum Gasteiger partial charge on any atom is -0.439 e. The lowest BCUT2D eigenvalue weighted by molar-refractivity contribution is -0.137. The first-order valence-electron chi connectivity index (χ1n) is 8.24. The van der Waals surface area contributed by atoms with Crippen LogP contribution in [-0.4, -0.2) is 16.0 Å². The third-order valence-electron chi connectivity index (χ3n) is 3.56. The third-order valence-corrected chi connectivity index (χ3v) is 3.56. The average molecular weight is 415 g/mol. The molecule has 0 aliphatic carbocycles. The van der Waals surface area contributed by atoms with E-state index in [1.165, 1.54) is 48.8 Å². The summed E-state index contributed by atoms with van der Waals surface area (Å²) in [4.78, 5) is 22.3. The largest absolute Gasteiger partial charge is 0.439 e. The summed E-state index contributed by atoms with van der Waals surface area (Å²) in [7, 11) is 0. The Morgan fingerprint density at radius 2 is 1.77 bits per heavy atom. The first-order chi connectivity index (χ1) is 14.3.